The molecule has 4 aromatic rings. The number of halogens is 3. The number of nitrogens with one attached hydrogen (secondary N) is 1. The number of methoxy groups -OCH3 is 1. The average Bonchev–Trinajstić information content (AvgIpc) is 3.59. The second-order valence-electron chi connectivity index (χ2n) is 11.7. The van der Waals surface area contributed by atoms with Gasteiger partial charge in [-0.05, 0) is 67.1 Å². The molecule has 1 N–H and O–H groups in total. The van der Waals surface area contributed by atoms with Crippen LogP contribution in [0.5, 0.6) is 28.9 Å². The van der Waals surface area contributed by atoms with Crippen LogP contribution in [0.2, 0.25) is 0 Å². The standard InChI is InChI=1S/C36H36F3N5O6/c1-3-43(22-34(45)44-16-14-42(15-17-44)21-24-4-11-29-32(18-24)49-23-48-29)28-10-12-30(31(19-28)47-2)50-33-13-9-27(20-40-33)41-35(46)25-5-7-26(8-6-25)36(37,38)39/h4-13,18-20H,3,14-17,21-23H2,1-2H3,(H,41,46). The van der Waals surface area contributed by atoms with E-state index in [1.165, 1.54) is 13.3 Å². The van der Waals surface area contributed by atoms with Gasteiger partial charge >= 0.3 is 6.18 Å². The van der Waals surface area contributed by atoms with Crippen molar-refractivity contribution in [1.29, 1.82) is 0 Å². The van der Waals surface area contributed by atoms with Crippen LogP contribution in [0.1, 0.15) is 28.4 Å². The van der Waals surface area contributed by atoms with E-state index in [0.717, 1.165) is 66.6 Å². The minimum Gasteiger partial charge on any atom is -0.493 e. The number of rotatable bonds is 11. The highest BCUT2D eigenvalue weighted by Crippen LogP contribution is 2.35. The summed E-state index contributed by atoms with van der Waals surface area (Å²) in [5.74, 6) is 2.06. The highest BCUT2D eigenvalue weighted by molar-refractivity contribution is 6.04. The molecule has 0 bridgehead atoms. The Labute approximate surface area is 287 Å². The number of piperazine rings is 1. The van der Waals surface area contributed by atoms with Gasteiger partial charge in [0, 0.05) is 62.7 Å². The number of aromatic nitrogens is 1. The first-order valence-electron chi connectivity index (χ1n) is 16.0. The normalized spacial score (nSPS) is 14.3. The van der Waals surface area contributed by atoms with Gasteiger partial charge in [0.2, 0.25) is 18.6 Å². The number of carbonyl (C=O) groups excluding carboxylic acids is 2. The van der Waals surface area contributed by atoms with Crippen molar-refractivity contribution in [3.63, 3.8) is 0 Å². The summed E-state index contributed by atoms with van der Waals surface area (Å²) in [4.78, 5) is 36.3. The topological polar surface area (TPSA) is 106 Å². The number of pyridine rings is 1. The van der Waals surface area contributed by atoms with Crippen molar-refractivity contribution in [3.8, 4) is 28.9 Å². The lowest BCUT2D eigenvalue weighted by Gasteiger charge is -2.36. The molecule has 0 saturated carbocycles. The summed E-state index contributed by atoms with van der Waals surface area (Å²) in [5, 5.41) is 2.60. The highest BCUT2D eigenvalue weighted by Gasteiger charge is 2.30. The molecule has 11 nitrogen and oxygen atoms in total. The molecule has 2 aliphatic heterocycles. The van der Waals surface area contributed by atoms with Crippen molar-refractivity contribution >= 4 is 23.2 Å². The van der Waals surface area contributed by atoms with Crippen LogP contribution >= 0.6 is 0 Å². The van der Waals surface area contributed by atoms with Crippen molar-refractivity contribution in [2.24, 2.45) is 0 Å². The molecule has 1 saturated heterocycles. The Morgan fingerprint density at radius 1 is 0.920 bits per heavy atom. The van der Waals surface area contributed by atoms with Crippen molar-refractivity contribution in [2.45, 2.75) is 19.6 Å². The van der Waals surface area contributed by atoms with Crippen LogP contribution in [0, 0.1) is 0 Å². The fourth-order valence-corrected chi connectivity index (χ4v) is 5.68. The summed E-state index contributed by atoms with van der Waals surface area (Å²) >= 11 is 0. The molecule has 0 atom stereocenters. The summed E-state index contributed by atoms with van der Waals surface area (Å²) in [7, 11) is 1.52. The lowest BCUT2D eigenvalue weighted by Crippen LogP contribution is -2.51. The quantitative estimate of drug-likeness (QED) is 0.201. The Hall–Kier alpha value is -5.50. The van der Waals surface area contributed by atoms with Gasteiger partial charge in [-0.2, -0.15) is 13.2 Å². The number of amides is 2. The Morgan fingerprint density at radius 3 is 2.36 bits per heavy atom. The van der Waals surface area contributed by atoms with E-state index in [2.05, 4.69) is 15.2 Å². The summed E-state index contributed by atoms with van der Waals surface area (Å²) in [5.41, 5.74) is 1.50. The summed E-state index contributed by atoms with van der Waals surface area (Å²) in [6, 6.07) is 18.4. The molecule has 14 heteroatoms. The molecule has 0 radical (unpaired) electrons. The maximum absolute atomic E-state index is 13.3. The smallest absolute Gasteiger partial charge is 0.416 e. The molecule has 1 aromatic heterocycles. The van der Waals surface area contributed by atoms with E-state index < -0.39 is 17.6 Å². The van der Waals surface area contributed by atoms with Crippen LogP contribution in [0.15, 0.2) is 79.0 Å². The fourth-order valence-electron chi connectivity index (χ4n) is 5.68. The molecule has 2 amide bonds. The zero-order chi connectivity index (χ0) is 35.3. The number of fused-ring (bicyclic) bond motifs is 1. The molecular formula is C36H36F3N5O6. The summed E-state index contributed by atoms with van der Waals surface area (Å²) in [6.45, 7) is 6.63. The average molecular weight is 692 g/mol. The van der Waals surface area contributed by atoms with E-state index in [1.54, 1.807) is 24.3 Å². The largest absolute Gasteiger partial charge is 0.493 e. The zero-order valence-corrected chi connectivity index (χ0v) is 27.5. The number of likely N-dealkylation sites (N-methyl/N-ethyl adjacent to an activating group) is 1. The number of nitrogens with zero attached hydrogens (tertiary/aromatic N) is 4. The maximum atomic E-state index is 13.3. The molecular weight excluding hydrogens is 655 g/mol. The predicted molar refractivity (Wildman–Crippen MR) is 179 cm³/mol. The van der Waals surface area contributed by atoms with Crippen molar-refractivity contribution in [1.82, 2.24) is 14.8 Å². The summed E-state index contributed by atoms with van der Waals surface area (Å²) in [6.07, 6.45) is -3.11. The number of anilines is 2. The Morgan fingerprint density at radius 2 is 1.68 bits per heavy atom. The van der Waals surface area contributed by atoms with Gasteiger partial charge < -0.3 is 34.1 Å². The van der Waals surface area contributed by atoms with Crippen molar-refractivity contribution in [2.75, 3.05) is 63.4 Å². The molecule has 2 aliphatic rings. The molecule has 3 heterocycles. The van der Waals surface area contributed by atoms with E-state index >= 15 is 0 Å². The number of hydrogen-bond acceptors (Lipinski definition) is 9. The zero-order valence-electron chi connectivity index (χ0n) is 27.5. The monoisotopic (exact) mass is 691 g/mol. The SMILES string of the molecule is CCN(CC(=O)N1CCN(Cc2ccc3c(c2)OCO3)CC1)c1ccc(Oc2ccc(NC(=O)c3ccc(C(F)(F)F)cc3)cn2)c(OC)c1. The molecule has 3 aromatic carbocycles. The third-order valence-corrected chi connectivity index (χ3v) is 8.47. The molecule has 6 rings (SSSR count). The first kappa shape index (κ1) is 34.4. The Bertz CT molecular complexity index is 1810. The van der Waals surface area contributed by atoms with Crippen LogP contribution in [-0.2, 0) is 17.5 Å². The minimum absolute atomic E-state index is 0.0450. The summed E-state index contributed by atoms with van der Waals surface area (Å²) < 4.78 is 60.9. The van der Waals surface area contributed by atoms with Gasteiger partial charge in [0.15, 0.2) is 23.0 Å². The van der Waals surface area contributed by atoms with Crippen molar-refractivity contribution in [3.05, 3.63) is 95.7 Å². The Balaban J connectivity index is 1.01. The Kier molecular flexibility index (Phi) is 10.3. The van der Waals surface area contributed by atoms with E-state index in [1.807, 2.05) is 41.0 Å². The highest BCUT2D eigenvalue weighted by atomic mass is 19.4. The van der Waals surface area contributed by atoms with Gasteiger partial charge in [0.05, 0.1) is 31.1 Å². The molecule has 50 heavy (non-hydrogen) atoms. The third kappa shape index (κ3) is 8.20. The first-order valence-corrected chi connectivity index (χ1v) is 16.0. The van der Waals surface area contributed by atoms with Crippen LogP contribution in [0.3, 0.4) is 0 Å². The molecule has 0 unspecified atom stereocenters. The van der Waals surface area contributed by atoms with Crippen LogP contribution in [0.25, 0.3) is 0 Å². The van der Waals surface area contributed by atoms with E-state index in [9.17, 15) is 22.8 Å². The van der Waals surface area contributed by atoms with E-state index in [4.69, 9.17) is 18.9 Å². The van der Waals surface area contributed by atoms with Gasteiger partial charge in [-0.25, -0.2) is 4.98 Å². The molecule has 262 valence electrons. The fraction of sp³-hybridized carbons (Fsp3) is 0.306. The van der Waals surface area contributed by atoms with Gasteiger partial charge in [-0.1, -0.05) is 6.07 Å². The lowest BCUT2D eigenvalue weighted by molar-refractivity contribution is -0.137. The second-order valence-corrected chi connectivity index (χ2v) is 11.7. The van der Waals surface area contributed by atoms with Gasteiger partial charge in [-0.3, -0.25) is 14.5 Å². The van der Waals surface area contributed by atoms with Crippen LogP contribution in [0.4, 0.5) is 24.5 Å². The second kappa shape index (κ2) is 14.9. The predicted octanol–water partition coefficient (Wildman–Crippen LogP) is 6.05. The van der Waals surface area contributed by atoms with Crippen LogP contribution in [-0.4, -0.2) is 79.8 Å². The number of carbonyl (C=O) groups is 2. The van der Waals surface area contributed by atoms with E-state index in [-0.39, 0.29) is 30.7 Å². The molecule has 0 spiro atoms. The number of alkyl halides is 3. The number of benzene rings is 3. The third-order valence-electron chi connectivity index (χ3n) is 8.47. The molecule has 1 fully saturated rings. The van der Waals surface area contributed by atoms with Gasteiger partial charge in [-0.15, -0.1) is 0 Å². The number of ether oxygens (including phenoxy) is 4. The minimum atomic E-state index is -4.49. The van der Waals surface area contributed by atoms with Crippen LogP contribution < -0.4 is 29.2 Å². The van der Waals surface area contributed by atoms with E-state index in [0.29, 0.717) is 36.8 Å². The molecule has 0 aliphatic carbocycles. The maximum Gasteiger partial charge on any atom is 0.416 e. The van der Waals surface area contributed by atoms with Gasteiger partial charge in [0.1, 0.15) is 0 Å². The van der Waals surface area contributed by atoms with Gasteiger partial charge in [0.25, 0.3) is 5.91 Å². The van der Waals surface area contributed by atoms with Crippen molar-refractivity contribution < 1.29 is 41.7 Å². The lowest BCUT2D eigenvalue weighted by atomic mass is 10.1. The first-order chi connectivity index (χ1) is 24.1. The number of hydrogen-bond donors (Lipinski definition) is 1.